The van der Waals surface area contributed by atoms with Gasteiger partial charge in [-0.25, -0.2) is 4.79 Å². The van der Waals surface area contributed by atoms with Crippen LogP contribution in [0, 0.1) is 0 Å². The summed E-state index contributed by atoms with van der Waals surface area (Å²) in [5.41, 5.74) is 1.44. The fourth-order valence-electron chi connectivity index (χ4n) is 2.73. The zero-order valence-corrected chi connectivity index (χ0v) is 16.2. The van der Waals surface area contributed by atoms with Gasteiger partial charge in [0.15, 0.2) is 5.37 Å². The quantitative estimate of drug-likeness (QED) is 0.684. The van der Waals surface area contributed by atoms with E-state index in [1.165, 1.54) is 18.2 Å². The van der Waals surface area contributed by atoms with Crippen LogP contribution in [0.3, 0.4) is 0 Å². The second-order valence-corrected chi connectivity index (χ2v) is 7.17. The van der Waals surface area contributed by atoms with Crippen LogP contribution in [-0.2, 0) is 16.1 Å². The summed E-state index contributed by atoms with van der Waals surface area (Å²) in [6.07, 6.45) is 0. The number of amides is 2. The van der Waals surface area contributed by atoms with Crippen molar-refractivity contribution in [1.82, 2.24) is 4.90 Å². The average molecular weight is 413 g/mol. The van der Waals surface area contributed by atoms with E-state index in [1.807, 2.05) is 0 Å². The predicted molar refractivity (Wildman–Crippen MR) is 104 cm³/mol. The normalized spacial score (nSPS) is 16.0. The second kappa shape index (κ2) is 8.78. The van der Waals surface area contributed by atoms with E-state index in [1.54, 1.807) is 37.3 Å². The minimum atomic E-state index is -1.33. The molecule has 1 heterocycles. The monoisotopic (exact) mass is 413 g/mol. The van der Waals surface area contributed by atoms with Crippen molar-refractivity contribution in [2.45, 2.75) is 18.8 Å². The molecular formula is C20H17N2O6S-. The number of benzene rings is 2. The molecule has 0 bridgehead atoms. The predicted octanol–water partition coefficient (Wildman–Crippen LogP) is 1.86. The van der Waals surface area contributed by atoms with Gasteiger partial charge in [-0.2, -0.15) is 0 Å². The van der Waals surface area contributed by atoms with Gasteiger partial charge in [0.25, 0.3) is 11.1 Å². The number of nitrogens with zero attached hydrogens (tertiary/aromatic N) is 1. The number of aromatic carboxylic acids is 1. The lowest BCUT2D eigenvalue weighted by Gasteiger charge is -2.16. The molecule has 1 saturated heterocycles. The van der Waals surface area contributed by atoms with Crippen LogP contribution in [-0.4, -0.2) is 40.0 Å². The van der Waals surface area contributed by atoms with Gasteiger partial charge in [0.2, 0.25) is 0 Å². The number of hydrogen-bond acceptors (Lipinski definition) is 8. The van der Waals surface area contributed by atoms with E-state index in [2.05, 4.69) is 5.32 Å². The summed E-state index contributed by atoms with van der Waals surface area (Å²) in [6.45, 7) is 1.95. The Morgan fingerprint density at radius 3 is 2.52 bits per heavy atom. The Morgan fingerprint density at radius 2 is 1.86 bits per heavy atom. The van der Waals surface area contributed by atoms with Gasteiger partial charge < -0.3 is 20.0 Å². The van der Waals surface area contributed by atoms with E-state index in [9.17, 15) is 24.3 Å². The lowest BCUT2D eigenvalue weighted by Crippen LogP contribution is -2.34. The van der Waals surface area contributed by atoms with E-state index in [-0.39, 0.29) is 18.7 Å². The minimum absolute atomic E-state index is 0.0226. The van der Waals surface area contributed by atoms with Gasteiger partial charge in [-0.1, -0.05) is 18.2 Å². The summed E-state index contributed by atoms with van der Waals surface area (Å²) in [5, 5.41) is 12.7. The van der Waals surface area contributed by atoms with Gasteiger partial charge in [-0.15, -0.1) is 0 Å². The molecule has 8 nitrogen and oxygen atoms in total. The maximum atomic E-state index is 12.6. The molecule has 0 aromatic heterocycles. The van der Waals surface area contributed by atoms with Gasteiger partial charge in [0.05, 0.1) is 24.7 Å². The highest BCUT2D eigenvalue weighted by Crippen LogP contribution is 2.29. The van der Waals surface area contributed by atoms with Crippen LogP contribution >= 0.6 is 11.8 Å². The van der Waals surface area contributed by atoms with Crippen LogP contribution in [0.1, 0.15) is 33.2 Å². The molecule has 150 valence electrons. The number of carboxylic acid groups (broad SMARTS) is 1. The smallest absolute Gasteiger partial charge is 0.338 e. The Morgan fingerprint density at radius 1 is 1.14 bits per heavy atom. The van der Waals surface area contributed by atoms with Crippen LogP contribution in [0.2, 0.25) is 0 Å². The highest BCUT2D eigenvalue weighted by molar-refractivity contribution is 8.15. The number of carboxylic acids is 1. The van der Waals surface area contributed by atoms with Crippen LogP contribution in [0.15, 0.2) is 48.5 Å². The number of carbonyl (C=O) groups excluding carboxylic acids is 4. The van der Waals surface area contributed by atoms with Crippen molar-refractivity contribution in [2.75, 3.05) is 11.9 Å². The minimum Gasteiger partial charge on any atom is -0.545 e. The SMILES string of the molecule is CCOC(=O)c1ccc(NC2SC(=O)N(Cc3cccc(C(=O)[O-])c3)C2=O)cc1. The Bertz CT molecular complexity index is 960. The molecule has 9 heteroatoms. The van der Waals surface area contributed by atoms with Crippen molar-refractivity contribution < 1.29 is 29.0 Å². The summed E-state index contributed by atoms with van der Waals surface area (Å²) in [5.74, 6) is -2.20. The van der Waals surface area contributed by atoms with Gasteiger partial charge in [0.1, 0.15) is 0 Å². The molecule has 0 spiro atoms. The third kappa shape index (κ3) is 4.75. The fraction of sp³-hybridized carbons (Fsp3) is 0.200. The third-order valence-corrected chi connectivity index (χ3v) is 5.10. The largest absolute Gasteiger partial charge is 0.545 e. The number of anilines is 1. The first-order valence-electron chi connectivity index (χ1n) is 8.75. The molecule has 2 aromatic rings. The highest BCUT2D eigenvalue weighted by Gasteiger charge is 2.39. The molecule has 1 N–H and O–H groups in total. The van der Waals surface area contributed by atoms with Crippen molar-refractivity contribution in [1.29, 1.82) is 0 Å². The molecule has 0 saturated carbocycles. The van der Waals surface area contributed by atoms with E-state index in [0.717, 1.165) is 16.7 Å². The Labute approximate surface area is 170 Å². The second-order valence-electron chi connectivity index (χ2n) is 6.12. The first kappa shape index (κ1) is 20.4. The molecule has 0 aliphatic carbocycles. The van der Waals surface area contributed by atoms with Crippen LogP contribution in [0.4, 0.5) is 10.5 Å². The van der Waals surface area contributed by atoms with Gasteiger partial charge in [-0.3, -0.25) is 14.5 Å². The zero-order valence-electron chi connectivity index (χ0n) is 15.4. The Balaban J connectivity index is 1.66. The molecule has 2 amide bonds. The summed E-state index contributed by atoms with van der Waals surface area (Å²) < 4.78 is 4.92. The van der Waals surface area contributed by atoms with E-state index < -0.39 is 28.5 Å². The number of thioether (sulfide) groups is 1. The molecule has 1 unspecified atom stereocenters. The van der Waals surface area contributed by atoms with Gasteiger partial charge in [-0.05, 0) is 60.1 Å². The van der Waals surface area contributed by atoms with E-state index >= 15 is 0 Å². The van der Waals surface area contributed by atoms with Crippen molar-refractivity contribution in [3.8, 4) is 0 Å². The molecule has 29 heavy (non-hydrogen) atoms. The molecule has 3 rings (SSSR count). The maximum absolute atomic E-state index is 12.6. The van der Waals surface area contributed by atoms with Crippen molar-refractivity contribution in [3.63, 3.8) is 0 Å². The molecule has 0 radical (unpaired) electrons. The Hall–Kier alpha value is -3.33. The maximum Gasteiger partial charge on any atom is 0.338 e. The number of ether oxygens (including phenoxy) is 1. The third-order valence-electron chi connectivity index (χ3n) is 4.13. The van der Waals surface area contributed by atoms with E-state index in [0.29, 0.717) is 16.8 Å². The molecule has 1 aliphatic heterocycles. The average Bonchev–Trinajstić information content (AvgIpc) is 2.96. The summed E-state index contributed by atoms with van der Waals surface area (Å²) in [7, 11) is 0. The standard InChI is InChI=1S/C20H18N2O6S/c1-2-28-19(26)13-6-8-15(9-7-13)21-16-17(23)22(20(27)29-16)11-12-4-3-5-14(10-12)18(24)25/h3-10,16,21H,2,11H2,1H3,(H,24,25)/p-1. The molecule has 1 fully saturated rings. The summed E-state index contributed by atoms with van der Waals surface area (Å²) >= 11 is 0.831. The highest BCUT2D eigenvalue weighted by atomic mass is 32.2. The topological polar surface area (TPSA) is 116 Å². The lowest BCUT2D eigenvalue weighted by molar-refractivity contribution is -0.255. The number of nitrogens with one attached hydrogen (secondary N) is 1. The van der Waals surface area contributed by atoms with Crippen LogP contribution in [0.5, 0.6) is 0 Å². The van der Waals surface area contributed by atoms with Crippen molar-refractivity contribution in [3.05, 3.63) is 65.2 Å². The summed E-state index contributed by atoms with van der Waals surface area (Å²) in [4.78, 5) is 48.6. The van der Waals surface area contributed by atoms with Crippen molar-refractivity contribution >= 4 is 40.5 Å². The van der Waals surface area contributed by atoms with E-state index in [4.69, 9.17) is 4.74 Å². The Kier molecular flexibility index (Phi) is 6.18. The van der Waals surface area contributed by atoms with Gasteiger partial charge >= 0.3 is 5.97 Å². The zero-order chi connectivity index (χ0) is 21.0. The summed E-state index contributed by atoms with van der Waals surface area (Å²) in [6, 6.07) is 12.3. The lowest BCUT2D eigenvalue weighted by atomic mass is 10.1. The van der Waals surface area contributed by atoms with Crippen molar-refractivity contribution in [2.24, 2.45) is 0 Å². The van der Waals surface area contributed by atoms with Crippen LogP contribution < -0.4 is 10.4 Å². The van der Waals surface area contributed by atoms with Crippen LogP contribution in [0.25, 0.3) is 0 Å². The molecule has 1 aliphatic rings. The fourth-order valence-corrected chi connectivity index (χ4v) is 3.63. The number of imide groups is 1. The molecular weight excluding hydrogens is 396 g/mol. The first-order valence-corrected chi connectivity index (χ1v) is 9.63. The molecule has 1 atom stereocenters. The number of esters is 1. The van der Waals surface area contributed by atoms with Gasteiger partial charge in [0, 0.05) is 5.69 Å². The molecule has 2 aromatic carbocycles. The first-order chi connectivity index (χ1) is 13.9. The number of hydrogen-bond donors (Lipinski definition) is 1. The number of rotatable bonds is 7. The number of carbonyl (C=O) groups is 4.